The lowest BCUT2D eigenvalue weighted by Crippen LogP contribution is -2.54. The molecule has 0 atom stereocenters. The number of fused-ring (bicyclic) bond motifs is 1. The molecule has 0 spiro atoms. The molecular weight excluding hydrogens is 236 g/mol. The van der Waals surface area contributed by atoms with Crippen molar-refractivity contribution >= 4 is 11.6 Å². The van der Waals surface area contributed by atoms with Crippen molar-refractivity contribution in [3.8, 4) is 0 Å². The summed E-state index contributed by atoms with van der Waals surface area (Å²) in [5, 5.41) is 0. The minimum Gasteiger partial charge on any atom is -0.317 e. The Balaban J connectivity index is 1.94. The lowest BCUT2D eigenvalue weighted by molar-refractivity contribution is -0.123. The summed E-state index contributed by atoms with van der Waals surface area (Å²) in [5.41, 5.74) is 8.11. The standard InChI is InChI=1S/C16H22N2O/c17-16(10-4-5-11-16)15(19)18-12-6-3-8-13-7-1-2-9-14(13)18/h1-2,7,9H,3-6,8,10-12,17H2. The SMILES string of the molecule is NC1(C(=O)N2CCCCc3ccccc32)CCCC1. The van der Waals surface area contributed by atoms with Gasteiger partial charge in [-0.1, -0.05) is 31.0 Å². The van der Waals surface area contributed by atoms with E-state index in [-0.39, 0.29) is 5.91 Å². The molecule has 0 aromatic heterocycles. The van der Waals surface area contributed by atoms with Gasteiger partial charge in [0.25, 0.3) is 0 Å². The molecule has 1 saturated carbocycles. The van der Waals surface area contributed by atoms with Crippen LogP contribution >= 0.6 is 0 Å². The van der Waals surface area contributed by atoms with Gasteiger partial charge in [0.2, 0.25) is 5.91 Å². The van der Waals surface area contributed by atoms with Gasteiger partial charge in [0.15, 0.2) is 0 Å². The van der Waals surface area contributed by atoms with E-state index >= 15 is 0 Å². The van der Waals surface area contributed by atoms with Crippen molar-refractivity contribution in [1.29, 1.82) is 0 Å². The Morgan fingerprint density at radius 3 is 2.63 bits per heavy atom. The fourth-order valence-corrected chi connectivity index (χ4v) is 3.39. The number of nitrogens with two attached hydrogens (primary N) is 1. The van der Waals surface area contributed by atoms with Gasteiger partial charge in [-0.3, -0.25) is 4.79 Å². The molecule has 0 radical (unpaired) electrons. The number of hydrogen-bond acceptors (Lipinski definition) is 2. The normalized spacial score (nSPS) is 21.8. The van der Waals surface area contributed by atoms with Crippen LogP contribution in [0, 0.1) is 0 Å². The van der Waals surface area contributed by atoms with Crippen molar-refractivity contribution in [2.75, 3.05) is 11.4 Å². The molecule has 0 saturated heterocycles. The quantitative estimate of drug-likeness (QED) is 0.841. The molecule has 19 heavy (non-hydrogen) atoms. The Kier molecular flexibility index (Phi) is 3.31. The number of anilines is 1. The summed E-state index contributed by atoms with van der Waals surface area (Å²) >= 11 is 0. The second-order valence-corrected chi connectivity index (χ2v) is 5.91. The molecule has 1 fully saturated rings. The number of hydrogen-bond donors (Lipinski definition) is 1. The van der Waals surface area contributed by atoms with Gasteiger partial charge in [-0.2, -0.15) is 0 Å². The van der Waals surface area contributed by atoms with Crippen LogP contribution in [-0.2, 0) is 11.2 Å². The number of benzene rings is 1. The molecule has 1 aliphatic carbocycles. The molecule has 2 N–H and O–H groups in total. The number of nitrogens with zero attached hydrogens (tertiary/aromatic N) is 1. The summed E-state index contributed by atoms with van der Waals surface area (Å²) in [5.74, 6) is 0.138. The highest BCUT2D eigenvalue weighted by atomic mass is 16.2. The largest absolute Gasteiger partial charge is 0.317 e. The first kappa shape index (κ1) is 12.7. The maximum Gasteiger partial charge on any atom is 0.247 e. The fraction of sp³-hybridized carbons (Fsp3) is 0.562. The van der Waals surface area contributed by atoms with Crippen LogP contribution in [0.4, 0.5) is 5.69 Å². The molecule has 3 nitrogen and oxygen atoms in total. The topological polar surface area (TPSA) is 46.3 Å². The van der Waals surface area contributed by atoms with E-state index < -0.39 is 5.54 Å². The van der Waals surface area contributed by atoms with Crippen LogP contribution in [-0.4, -0.2) is 18.0 Å². The Labute approximate surface area is 114 Å². The molecule has 1 aromatic rings. The first-order valence-corrected chi connectivity index (χ1v) is 7.39. The zero-order chi connectivity index (χ0) is 13.3. The summed E-state index contributed by atoms with van der Waals surface area (Å²) in [4.78, 5) is 14.8. The van der Waals surface area contributed by atoms with Gasteiger partial charge in [0.1, 0.15) is 0 Å². The van der Waals surface area contributed by atoms with Crippen LogP contribution < -0.4 is 10.6 Å². The Hall–Kier alpha value is -1.35. The maximum atomic E-state index is 12.8. The van der Waals surface area contributed by atoms with E-state index in [0.717, 1.165) is 57.2 Å². The van der Waals surface area contributed by atoms with Gasteiger partial charge >= 0.3 is 0 Å². The van der Waals surface area contributed by atoms with Crippen LogP contribution in [0.3, 0.4) is 0 Å². The van der Waals surface area contributed by atoms with E-state index in [4.69, 9.17) is 5.73 Å². The molecule has 0 unspecified atom stereocenters. The molecule has 1 heterocycles. The average molecular weight is 258 g/mol. The highest BCUT2D eigenvalue weighted by Crippen LogP contribution is 2.33. The van der Waals surface area contributed by atoms with Crippen LogP contribution in [0.1, 0.15) is 44.1 Å². The first-order valence-electron chi connectivity index (χ1n) is 7.39. The van der Waals surface area contributed by atoms with Crippen LogP contribution in [0.25, 0.3) is 0 Å². The van der Waals surface area contributed by atoms with Crippen molar-refractivity contribution in [2.45, 2.75) is 50.5 Å². The fourth-order valence-electron chi connectivity index (χ4n) is 3.39. The molecular formula is C16H22N2O. The predicted octanol–water partition coefficient (Wildman–Crippen LogP) is 2.63. The van der Waals surface area contributed by atoms with Crippen molar-refractivity contribution < 1.29 is 4.79 Å². The van der Waals surface area contributed by atoms with Gasteiger partial charge in [-0.25, -0.2) is 0 Å². The third-order valence-electron chi connectivity index (χ3n) is 4.53. The third kappa shape index (κ3) is 2.27. The number of aryl methyl sites for hydroxylation is 1. The van der Waals surface area contributed by atoms with Gasteiger partial charge in [-0.15, -0.1) is 0 Å². The van der Waals surface area contributed by atoms with E-state index in [1.807, 2.05) is 11.0 Å². The lowest BCUT2D eigenvalue weighted by Gasteiger charge is -2.31. The molecule has 1 aliphatic heterocycles. The smallest absolute Gasteiger partial charge is 0.247 e. The summed E-state index contributed by atoms with van der Waals surface area (Å²) in [6.45, 7) is 0.814. The molecule has 1 amide bonds. The van der Waals surface area contributed by atoms with E-state index in [1.54, 1.807) is 0 Å². The van der Waals surface area contributed by atoms with Crippen LogP contribution in [0.15, 0.2) is 24.3 Å². The minimum atomic E-state index is -0.614. The van der Waals surface area contributed by atoms with Crippen LogP contribution in [0.2, 0.25) is 0 Å². The second kappa shape index (κ2) is 4.97. The highest BCUT2D eigenvalue weighted by molar-refractivity contribution is 6.01. The first-order chi connectivity index (χ1) is 9.21. The van der Waals surface area contributed by atoms with E-state index in [1.165, 1.54) is 5.56 Å². The predicted molar refractivity (Wildman–Crippen MR) is 77.1 cm³/mol. The van der Waals surface area contributed by atoms with E-state index in [2.05, 4.69) is 18.2 Å². The number of carbonyl (C=O) groups is 1. The summed E-state index contributed by atoms with van der Waals surface area (Å²) < 4.78 is 0. The van der Waals surface area contributed by atoms with Crippen LogP contribution in [0.5, 0.6) is 0 Å². The van der Waals surface area contributed by atoms with Gasteiger partial charge in [0, 0.05) is 12.2 Å². The highest BCUT2D eigenvalue weighted by Gasteiger charge is 2.40. The summed E-state index contributed by atoms with van der Waals surface area (Å²) in [6.07, 6.45) is 7.12. The zero-order valence-electron chi connectivity index (χ0n) is 11.4. The zero-order valence-corrected chi connectivity index (χ0v) is 11.4. The Morgan fingerprint density at radius 2 is 1.84 bits per heavy atom. The molecule has 102 valence electrons. The van der Waals surface area contributed by atoms with E-state index in [9.17, 15) is 4.79 Å². The van der Waals surface area contributed by atoms with Crippen molar-refractivity contribution in [2.24, 2.45) is 5.73 Å². The third-order valence-corrected chi connectivity index (χ3v) is 4.53. The van der Waals surface area contributed by atoms with Crippen molar-refractivity contribution in [1.82, 2.24) is 0 Å². The second-order valence-electron chi connectivity index (χ2n) is 5.91. The minimum absolute atomic E-state index is 0.138. The number of carbonyl (C=O) groups excluding carboxylic acids is 1. The Bertz CT molecular complexity index is 477. The van der Waals surface area contributed by atoms with Crippen molar-refractivity contribution in [3.05, 3.63) is 29.8 Å². The van der Waals surface area contributed by atoms with Gasteiger partial charge < -0.3 is 10.6 Å². The molecule has 2 aliphatic rings. The van der Waals surface area contributed by atoms with Gasteiger partial charge in [-0.05, 0) is 43.7 Å². The number of para-hydroxylation sites is 1. The number of amides is 1. The lowest BCUT2D eigenvalue weighted by atomic mass is 9.96. The Morgan fingerprint density at radius 1 is 1.11 bits per heavy atom. The van der Waals surface area contributed by atoms with Crippen molar-refractivity contribution in [3.63, 3.8) is 0 Å². The van der Waals surface area contributed by atoms with Gasteiger partial charge in [0.05, 0.1) is 5.54 Å². The molecule has 1 aromatic carbocycles. The monoisotopic (exact) mass is 258 g/mol. The van der Waals surface area contributed by atoms with E-state index in [0.29, 0.717) is 0 Å². The summed E-state index contributed by atoms with van der Waals surface area (Å²) in [7, 11) is 0. The molecule has 3 rings (SSSR count). The average Bonchev–Trinajstić information content (AvgIpc) is 2.76. The summed E-state index contributed by atoms with van der Waals surface area (Å²) in [6, 6.07) is 8.28. The molecule has 3 heteroatoms. The molecule has 0 bridgehead atoms. The maximum absolute atomic E-state index is 12.8. The number of rotatable bonds is 1.